The molecule has 142 valence electrons. The van der Waals surface area contributed by atoms with E-state index in [-0.39, 0.29) is 6.61 Å². The molecule has 2 aromatic carbocycles. The highest BCUT2D eigenvalue weighted by atomic mass is 28.3. The zero-order valence-corrected chi connectivity index (χ0v) is 17.2. The summed E-state index contributed by atoms with van der Waals surface area (Å²) in [6.07, 6.45) is 3.24. The fraction of sp³-hybridized carbons (Fsp3) is 0.227. The summed E-state index contributed by atoms with van der Waals surface area (Å²) in [5.74, 6) is 0.914. The van der Waals surface area contributed by atoms with E-state index in [2.05, 4.69) is 32.8 Å². The maximum absolute atomic E-state index is 12.9. The summed E-state index contributed by atoms with van der Waals surface area (Å²) < 4.78 is 17.1. The van der Waals surface area contributed by atoms with Crippen molar-refractivity contribution in [1.82, 2.24) is 0 Å². The van der Waals surface area contributed by atoms with Gasteiger partial charge in [-0.05, 0) is 23.4 Å². The third-order valence-electron chi connectivity index (χ3n) is 3.80. The molecule has 0 aliphatic heterocycles. The number of hydrogen-bond donors (Lipinski definition) is 0. The van der Waals surface area contributed by atoms with E-state index in [4.69, 9.17) is 14.2 Å². The third-order valence-corrected chi connectivity index (χ3v) is 5.83. The van der Waals surface area contributed by atoms with Crippen LogP contribution in [0.2, 0.25) is 19.6 Å². The van der Waals surface area contributed by atoms with Crippen LogP contribution in [0.15, 0.2) is 67.8 Å². The molecule has 0 saturated carbocycles. The van der Waals surface area contributed by atoms with Crippen molar-refractivity contribution in [3.63, 3.8) is 0 Å². The van der Waals surface area contributed by atoms with E-state index in [0.29, 0.717) is 29.4 Å². The number of carbonyl (C=O) groups excluding carboxylic acids is 1. The number of para-hydroxylation sites is 2. The summed E-state index contributed by atoms with van der Waals surface area (Å²) in [7, 11) is -1.67. The zero-order chi connectivity index (χ0) is 19.9. The fourth-order valence-corrected chi connectivity index (χ4v) is 4.03. The highest BCUT2D eigenvalue weighted by Gasteiger charge is 2.24. The standard InChI is InChI=1S/C22H26O4Si/c1-6-15-24-19-13-10-11-17(21(19)25-16-7-2)22(23)26-18-12-8-9-14-20(18)27(3,4)5/h6-14H,1-2,15-16H2,3-5H3. The summed E-state index contributed by atoms with van der Waals surface area (Å²) in [4.78, 5) is 12.9. The molecule has 0 atom stereocenters. The van der Waals surface area contributed by atoms with Crippen molar-refractivity contribution in [3.8, 4) is 17.2 Å². The first-order valence-electron chi connectivity index (χ1n) is 8.80. The third kappa shape index (κ3) is 5.34. The Bertz CT molecular complexity index is 821. The maximum atomic E-state index is 12.9. The largest absolute Gasteiger partial charge is 0.486 e. The topological polar surface area (TPSA) is 44.8 Å². The van der Waals surface area contributed by atoms with E-state index in [9.17, 15) is 4.79 Å². The number of hydrogen-bond acceptors (Lipinski definition) is 4. The normalized spacial score (nSPS) is 10.8. The van der Waals surface area contributed by atoms with E-state index >= 15 is 0 Å². The molecule has 4 nitrogen and oxygen atoms in total. The van der Waals surface area contributed by atoms with Crippen LogP contribution in [0.5, 0.6) is 17.2 Å². The van der Waals surface area contributed by atoms with Gasteiger partial charge in [0.05, 0.1) is 8.07 Å². The minimum atomic E-state index is -1.67. The van der Waals surface area contributed by atoms with Gasteiger partial charge in [-0.15, -0.1) is 0 Å². The molecule has 0 radical (unpaired) electrons. The molecule has 0 aliphatic rings. The minimum absolute atomic E-state index is 0.250. The van der Waals surface area contributed by atoms with Gasteiger partial charge in [0.2, 0.25) is 0 Å². The molecule has 2 rings (SSSR count). The van der Waals surface area contributed by atoms with Crippen LogP contribution >= 0.6 is 0 Å². The van der Waals surface area contributed by atoms with Gasteiger partial charge >= 0.3 is 5.97 Å². The van der Waals surface area contributed by atoms with E-state index in [1.54, 1.807) is 30.4 Å². The number of carbonyl (C=O) groups is 1. The van der Waals surface area contributed by atoms with Gasteiger partial charge in [-0.3, -0.25) is 0 Å². The molecule has 0 bridgehead atoms. The molecule has 0 aliphatic carbocycles. The van der Waals surface area contributed by atoms with Crippen LogP contribution in [0.3, 0.4) is 0 Å². The van der Waals surface area contributed by atoms with Gasteiger partial charge in [0.1, 0.15) is 24.5 Å². The van der Waals surface area contributed by atoms with Crippen LogP contribution in [0, 0.1) is 0 Å². The zero-order valence-electron chi connectivity index (χ0n) is 16.2. The molecule has 0 heterocycles. The number of benzene rings is 2. The molecule has 5 heteroatoms. The van der Waals surface area contributed by atoms with Crippen molar-refractivity contribution in [2.75, 3.05) is 13.2 Å². The Morgan fingerprint density at radius 3 is 2.22 bits per heavy atom. The van der Waals surface area contributed by atoms with Gasteiger partial charge in [-0.2, -0.15) is 0 Å². The first kappa shape index (κ1) is 20.5. The lowest BCUT2D eigenvalue weighted by Crippen LogP contribution is -2.39. The van der Waals surface area contributed by atoms with Crippen molar-refractivity contribution in [1.29, 1.82) is 0 Å². The summed E-state index contributed by atoms with van der Waals surface area (Å²) in [5.41, 5.74) is 0.309. The predicted molar refractivity (Wildman–Crippen MR) is 112 cm³/mol. The van der Waals surface area contributed by atoms with Crippen LogP contribution in [-0.4, -0.2) is 27.3 Å². The molecule has 0 N–H and O–H groups in total. The first-order chi connectivity index (χ1) is 12.9. The summed E-state index contributed by atoms with van der Waals surface area (Å²) in [6, 6.07) is 12.8. The van der Waals surface area contributed by atoms with E-state index < -0.39 is 14.0 Å². The molecule has 0 spiro atoms. The van der Waals surface area contributed by atoms with Gasteiger partial charge in [0.25, 0.3) is 0 Å². The van der Waals surface area contributed by atoms with Crippen LogP contribution in [0.1, 0.15) is 10.4 Å². The van der Waals surface area contributed by atoms with Gasteiger partial charge in [-0.25, -0.2) is 4.79 Å². The Kier molecular flexibility index (Phi) is 7.02. The van der Waals surface area contributed by atoms with Crippen molar-refractivity contribution in [3.05, 3.63) is 73.3 Å². The average molecular weight is 383 g/mol. The Labute approximate surface area is 162 Å². The lowest BCUT2D eigenvalue weighted by Gasteiger charge is -2.20. The monoisotopic (exact) mass is 382 g/mol. The van der Waals surface area contributed by atoms with Crippen LogP contribution in [-0.2, 0) is 0 Å². The van der Waals surface area contributed by atoms with Crippen molar-refractivity contribution < 1.29 is 19.0 Å². The fourth-order valence-electron chi connectivity index (χ4n) is 2.56. The van der Waals surface area contributed by atoms with E-state index in [0.717, 1.165) is 5.19 Å². The Hall–Kier alpha value is -2.79. The minimum Gasteiger partial charge on any atom is -0.486 e. The summed E-state index contributed by atoms with van der Waals surface area (Å²) in [6.45, 7) is 14.5. The lowest BCUT2D eigenvalue weighted by molar-refractivity contribution is 0.0731. The molecule has 0 fully saturated rings. The second-order valence-corrected chi connectivity index (χ2v) is 12.0. The molecule has 27 heavy (non-hydrogen) atoms. The van der Waals surface area contributed by atoms with Crippen molar-refractivity contribution >= 4 is 19.2 Å². The molecular formula is C22H26O4Si. The number of ether oxygens (including phenoxy) is 3. The SMILES string of the molecule is C=CCOc1cccc(C(=O)Oc2ccccc2[Si](C)(C)C)c1OCC=C. The smallest absolute Gasteiger partial charge is 0.347 e. The van der Waals surface area contributed by atoms with Gasteiger partial charge in [-0.1, -0.05) is 69.2 Å². The molecular weight excluding hydrogens is 356 g/mol. The van der Waals surface area contributed by atoms with Crippen molar-refractivity contribution in [2.45, 2.75) is 19.6 Å². The lowest BCUT2D eigenvalue weighted by atomic mass is 10.2. The Balaban J connectivity index is 2.38. The first-order valence-corrected chi connectivity index (χ1v) is 12.3. The summed E-state index contributed by atoms with van der Waals surface area (Å²) >= 11 is 0. The second kappa shape index (κ2) is 9.23. The van der Waals surface area contributed by atoms with E-state index in [1.165, 1.54) is 0 Å². The maximum Gasteiger partial charge on any atom is 0.347 e. The average Bonchev–Trinajstić information content (AvgIpc) is 2.64. The van der Waals surface area contributed by atoms with Gasteiger partial charge in [0, 0.05) is 0 Å². The molecule has 0 saturated heterocycles. The molecule has 0 amide bonds. The van der Waals surface area contributed by atoms with Crippen molar-refractivity contribution in [2.24, 2.45) is 0 Å². The molecule has 0 unspecified atom stereocenters. The number of rotatable bonds is 9. The Morgan fingerprint density at radius 1 is 0.926 bits per heavy atom. The van der Waals surface area contributed by atoms with Gasteiger partial charge < -0.3 is 14.2 Å². The quantitative estimate of drug-likeness (QED) is 0.276. The number of esters is 1. The van der Waals surface area contributed by atoms with Crippen LogP contribution in [0.25, 0.3) is 0 Å². The molecule has 2 aromatic rings. The predicted octanol–water partition coefficient (Wildman–Crippen LogP) is 4.58. The molecule has 0 aromatic heterocycles. The van der Waals surface area contributed by atoms with Crippen LogP contribution < -0.4 is 19.4 Å². The van der Waals surface area contributed by atoms with Crippen LogP contribution in [0.4, 0.5) is 0 Å². The highest BCUT2D eigenvalue weighted by Crippen LogP contribution is 2.32. The highest BCUT2D eigenvalue weighted by molar-refractivity contribution is 6.89. The summed E-state index contributed by atoms with van der Waals surface area (Å²) in [5, 5.41) is 1.09. The second-order valence-electron chi connectivity index (χ2n) is 6.97. The Morgan fingerprint density at radius 2 is 1.56 bits per heavy atom. The van der Waals surface area contributed by atoms with Gasteiger partial charge in [0.15, 0.2) is 11.5 Å². The van der Waals surface area contributed by atoms with E-state index in [1.807, 2.05) is 24.3 Å².